The molecule has 1 unspecified atom stereocenters. The Morgan fingerprint density at radius 1 is 1.15 bits per heavy atom. The third-order valence-electron chi connectivity index (χ3n) is 7.05. The molecule has 208 valence electrons. The third kappa shape index (κ3) is 6.00. The highest BCUT2D eigenvalue weighted by Gasteiger charge is 2.36. The van der Waals surface area contributed by atoms with Crippen molar-refractivity contribution in [1.82, 2.24) is 4.90 Å². The fourth-order valence-electron chi connectivity index (χ4n) is 4.99. The maximum Gasteiger partial charge on any atom is 0.268 e. The average Bonchev–Trinajstić information content (AvgIpc) is 2.88. The lowest BCUT2D eigenvalue weighted by atomic mass is 9.89. The first-order valence-corrected chi connectivity index (χ1v) is 13.0. The molecule has 2 heterocycles. The number of halogens is 3. The molecule has 7 nitrogen and oxygen atoms in total. The second-order valence-corrected chi connectivity index (χ2v) is 10.2. The molecule has 0 radical (unpaired) electrons. The molecule has 1 saturated heterocycles. The smallest absolute Gasteiger partial charge is 0.268 e. The van der Waals surface area contributed by atoms with Gasteiger partial charge in [-0.2, -0.15) is 0 Å². The van der Waals surface area contributed by atoms with Crippen LogP contribution in [0.2, 0.25) is 0 Å². The molecular weight excluding hydrogens is 507 g/mol. The molecule has 1 fully saturated rings. The number of anilines is 2. The lowest BCUT2D eigenvalue weighted by molar-refractivity contribution is -0.126. The molecule has 0 aromatic heterocycles. The Balaban J connectivity index is 1.64. The minimum absolute atomic E-state index is 0.0324. The van der Waals surface area contributed by atoms with E-state index in [4.69, 9.17) is 4.74 Å². The van der Waals surface area contributed by atoms with Crippen LogP contribution in [-0.2, 0) is 4.79 Å². The van der Waals surface area contributed by atoms with Crippen LogP contribution in [0.15, 0.2) is 52.7 Å². The minimum Gasteiger partial charge on any atom is -0.476 e. The van der Waals surface area contributed by atoms with Crippen LogP contribution in [0.25, 0.3) is 0 Å². The molecule has 2 aromatic carbocycles. The first-order valence-electron chi connectivity index (χ1n) is 13.0. The summed E-state index contributed by atoms with van der Waals surface area (Å²) in [7, 11) is 3.49. The molecule has 0 aliphatic carbocycles. The summed E-state index contributed by atoms with van der Waals surface area (Å²) >= 11 is 0. The van der Waals surface area contributed by atoms with Crippen molar-refractivity contribution in [2.24, 2.45) is 9.98 Å². The molecule has 0 bridgehead atoms. The molecule has 39 heavy (non-hydrogen) atoms. The van der Waals surface area contributed by atoms with Crippen molar-refractivity contribution in [3.05, 3.63) is 65.5 Å². The lowest BCUT2D eigenvalue weighted by Gasteiger charge is -2.36. The number of guanidine groups is 1. The SMILES string of the molecule is C=C(F)/C(=N\C(=N/C)Nc1ccc(C2CCN(C)CC2)c(F)c1)c1cc(F)c2c(c1)N(C(C)C)C(=O)C(C)O2. The number of hydrogen-bond acceptors (Lipinski definition) is 4. The molecule has 2 aliphatic rings. The van der Waals surface area contributed by atoms with Crippen molar-refractivity contribution >= 4 is 29.0 Å². The molecule has 4 rings (SSSR count). The topological polar surface area (TPSA) is 69.5 Å². The van der Waals surface area contributed by atoms with Crippen molar-refractivity contribution in [1.29, 1.82) is 0 Å². The summed E-state index contributed by atoms with van der Waals surface area (Å²) in [4.78, 5) is 24.7. The van der Waals surface area contributed by atoms with Crippen molar-refractivity contribution in [2.75, 3.05) is 37.4 Å². The van der Waals surface area contributed by atoms with E-state index in [0.717, 1.165) is 32.0 Å². The number of hydrogen-bond donors (Lipinski definition) is 1. The number of nitrogens with zero attached hydrogens (tertiary/aromatic N) is 4. The van der Waals surface area contributed by atoms with Crippen molar-refractivity contribution < 1.29 is 22.7 Å². The van der Waals surface area contributed by atoms with Gasteiger partial charge in [0.05, 0.1) is 5.69 Å². The predicted molar refractivity (Wildman–Crippen MR) is 149 cm³/mol. The van der Waals surface area contributed by atoms with Crippen LogP contribution in [0.5, 0.6) is 5.75 Å². The van der Waals surface area contributed by atoms with Crippen LogP contribution < -0.4 is 15.0 Å². The summed E-state index contributed by atoms with van der Waals surface area (Å²) < 4.78 is 50.4. The highest BCUT2D eigenvalue weighted by atomic mass is 19.1. The highest BCUT2D eigenvalue weighted by molar-refractivity contribution is 6.18. The van der Waals surface area contributed by atoms with Gasteiger partial charge in [0.1, 0.15) is 17.4 Å². The van der Waals surface area contributed by atoms with Gasteiger partial charge in [0, 0.05) is 24.3 Å². The first kappa shape index (κ1) is 28.4. The van der Waals surface area contributed by atoms with E-state index in [1.54, 1.807) is 32.9 Å². The second-order valence-electron chi connectivity index (χ2n) is 10.2. The molecule has 1 amide bonds. The number of piperidine rings is 1. The number of benzene rings is 2. The number of carbonyl (C=O) groups excluding carboxylic acids is 1. The van der Waals surface area contributed by atoms with Crippen LogP contribution in [0.1, 0.15) is 50.7 Å². The Kier molecular flexibility index (Phi) is 8.44. The van der Waals surface area contributed by atoms with Gasteiger partial charge >= 0.3 is 0 Å². The van der Waals surface area contributed by atoms with E-state index in [1.807, 2.05) is 0 Å². The zero-order valence-corrected chi connectivity index (χ0v) is 22.9. The first-order chi connectivity index (χ1) is 18.5. The Morgan fingerprint density at radius 3 is 2.44 bits per heavy atom. The normalized spacial score (nSPS) is 19.3. The fourth-order valence-corrected chi connectivity index (χ4v) is 4.99. The zero-order chi connectivity index (χ0) is 28.4. The molecule has 0 saturated carbocycles. The van der Waals surface area contributed by atoms with E-state index in [-0.39, 0.29) is 52.4 Å². The largest absolute Gasteiger partial charge is 0.476 e. The van der Waals surface area contributed by atoms with Gasteiger partial charge in [-0.1, -0.05) is 12.6 Å². The van der Waals surface area contributed by atoms with E-state index in [0.29, 0.717) is 11.3 Å². The molecule has 0 spiro atoms. The van der Waals surface area contributed by atoms with Gasteiger partial charge in [-0.15, -0.1) is 0 Å². The number of rotatable bonds is 5. The number of amides is 1. The fraction of sp³-hybridized carbons (Fsp3) is 0.414. The number of aliphatic imine (C=N–C) groups is 2. The average molecular weight is 542 g/mol. The van der Waals surface area contributed by atoms with Crippen LogP contribution in [0, 0.1) is 11.6 Å². The van der Waals surface area contributed by atoms with Gasteiger partial charge in [-0.3, -0.25) is 9.79 Å². The molecule has 2 aromatic rings. The molecular formula is C29H34F3N5O2. The molecule has 2 aliphatic heterocycles. The van der Waals surface area contributed by atoms with Gasteiger partial charge in [-0.25, -0.2) is 18.2 Å². The number of ether oxygens (including phenoxy) is 1. The Morgan fingerprint density at radius 2 is 1.85 bits per heavy atom. The standard InChI is InChI=1S/C29H34F3N5O2/c1-16(2)37-25-14-20(13-24(32)27(25)39-18(4)28(37)38)26(17(3)30)35-29(33-5)34-21-7-8-22(23(31)15-21)19-9-11-36(6)12-10-19/h7-8,13-16,18-19H,3,9-12H2,1-2,4-6H3,(H,33,34)/b35-26+. The maximum absolute atomic E-state index is 15.2. The summed E-state index contributed by atoms with van der Waals surface area (Å²) in [6, 6.07) is 7.05. The third-order valence-corrected chi connectivity index (χ3v) is 7.05. The number of likely N-dealkylation sites (tertiary alicyclic amines) is 1. The van der Waals surface area contributed by atoms with Gasteiger partial charge in [-0.05, 0) is 89.5 Å². The quantitative estimate of drug-likeness (QED) is 0.392. The number of fused-ring (bicyclic) bond motifs is 1. The van der Waals surface area contributed by atoms with E-state index >= 15 is 8.78 Å². The van der Waals surface area contributed by atoms with E-state index in [2.05, 4.69) is 33.8 Å². The molecule has 1 atom stereocenters. The Labute approximate surface area is 227 Å². The Hall–Kier alpha value is -3.66. The lowest BCUT2D eigenvalue weighted by Crippen LogP contribution is -2.48. The number of nitrogens with one attached hydrogen (secondary N) is 1. The van der Waals surface area contributed by atoms with Gasteiger partial charge in [0.15, 0.2) is 17.7 Å². The number of carbonyl (C=O) groups is 1. The van der Waals surface area contributed by atoms with Crippen LogP contribution >= 0.6 is 0 Å². The monoisotopic (exact) mass is 541 g/mol. The zero-order valence-electron chi connectivity index (χ0n) is 22.9. The van der Waals surface area contributed by atoms with Crippen molar-refractivity contribution in [2.45, 2.75) is 51.7 Å². The summed E-state index contributed by atoms with van der Waals surface area (Å²) in [6.45, 7) is 10.3. The summed E-state index contributed by atoms with van der Waals surface area (Å²) in [5.41, 5.74) is 0.972. The summed E-state index contributed by atoms with van der Waals surface area (Å²) in [5, 5.41) is 2.90. The van der Waals surface area contributed by atoms with E-state index in [1.165, 1.54) is 24.1 Å². The van der Waals surface area contributed by atoms with Crippen molar-refractivity contribution in [3.8, 4) is 5.75 Å². The summed E-state index contributed by atoms with van der Waals surface area (Å²) in [6.07, 6.45) is 0.906. The van der Waals surface area contributed by atoms with Crippen LogP contribution in [-0.4, -0.2) is 61.8 Å². The predicted octanol–water partition coefficient (Wildman–Crippen LogP) is 5.67. The van der Waals surface area contributed by atoms with Gasteiger partial charge in [0.25, 0.3) is 5.91 Å². The second kappa shape index (κ2) is 11.6. The van der Waals surface area contributed by atoms with Gasteiger partial charge < -0.3 is 19.9 Å². The summed E-state index contributed by atoms with van der Waals surface area (Å²) in [5.74, 6) is -2.36. The maximum atomic E-state index is 15.2. The minimum atomic E-state index is -0.936. The molecule has 1 N–H and O–H groups in total. The van der Waals surface area contributed by atoms with E-state index < -0.39 is 17.7 Å². The van der Waals surface area contributed by atoms with Gasteiger partial charge in [0.2, 0.25) is 5.96 Å². The van der Waals surface area contributed by atoms with Crippen molar-refractivity contribution in [3.63, 3.8) is 0 Å². The Bertz CT molecular complexity index is 1330. The van der Waals surface area contributed by atoms with Crippen LogP contribution in [0.4, 0.5) is 24.5 Å². The highest BCUT2D eigenvalue weighted by Crippen LogP contribution is 2.39. The molecule has 10 heteroatoms. The van der Waals surface area contributed by atoms with Crippen LogP contribution in [0.3, 0.4) is 0 Å². The number of allylic oxidation sites excluding steroid dienone is 1. The van der Waals surface area contributed by atoms with E-state index in [9.17, 15) is 9.18 Å².